The lowest BCUT2D eigenvalue weighted by Gasteiger charge is -2.16. The molecular formula is C17H21NO5. The fourth-order valence-electron chi connectivity index (χ4n) is 1.98. The van der Waals surface area contributed by atoms with E-state index in [1.165, 1.54) is 6.08 Å². The van der Waals surface area contributed by atoms with Crippen LogP contribution in [0.5, 0.6) is 0 Å². The number of esters is 1. The number of nitrogens with one attached hydrogen (secondary N) is 1. The average molecular weight is 319 g/mol. The van der Waals surface area contributed by atoms with E-state index in [-0.39, 0.29) is 19.3 Å². The standard InChI is InChI=1S/C17H21NO5/c1-2-10-21-16(19)15(9-8-14-12-22-14)18-17(20)23-11-13-6-4-3-5-7-13/h2-7,14-15H,1,8-12H2,(H,18,20)/t14-,15+/m1/s1. The molecule has 23 heavy (non-hydrogen) atoms. The molecule has 1 aromatic carbocycles. The Labute approximate surface area is 135 Å². The van der Waals surface area contributed by atoms with Crippen molar-refractivity contribution in [3.8, 4) is 0 Å². The smallest absolute Gasteiger partial charge is 0.408 e. The van der Waals surface area contributed by atoms with E-state index in [1.807, 2.05) is 30.3 Å². The van der Waals surface area contributed by atoms with Crippen molar-refractivity contribution in [1.29, 1.82) is 0 Å². The highest BCUT2D eigenvalue weighted by molar-refractivity contribution is 5.81. The van der Waals surface area contributed by atoms with Gasteiger partial charge in [-0.15, -0.1) is 0 Å². The number of ether oxygens (including phenoxy) is 3. The molecule has 1 heterocycles. The van der Waals surface area contributed by atoms with Crippen LogP contribution in [0.4, 0.5) is 4.79 Å². The second kappa shape index (κ2) is 8.95. The minimum atomic E-state index is -0.748. The maximum Gasteiger partial charge on any atom is 0.408 e. The number of hydrogen-bond acceptors (Lipinski definition) is 5. The highest BCUT2D eigenvalue weighted by Gasteiger charge is 2.28. The molecule has 6 heteroatoms. The Morgan fingerprint density at radius 1 is 1.35 bits per heavy atom. The zero-order valence-electron chi connectivity index (χ0n) is 12.9. The van der Waals surface area contributed by atoms with Crippen LogP contribution < -0.4 is 5.32 Å². The molecule has 1 aliphatic rings. The summed E-state index contributed by atoms with van der Waals surface area (Å²) in [5, 5.41) is 2.55. The largest absolute Gasteiger partial charge is 0.460 e. The summed E-state index contributed by atoms with van der Waals surface area (Å²) >= 11 is 0. The molecule has 0 aliphatic carbocycles. The lowest BCUT2D eigenvalue weighted by atomic mass is 10.1. The van der Waals surface area contributed by atoms with E-state index in [0.717, 1.165) is 5.56 Å². The van der Waals surface area contributed by atoms with Crippen LogP contribution in [0, 0.1) is 0 Å². The van der Waals surface area contributed by atoms with Gasteiger partial charge in [-0.2, -0.15) is 0 Å². The van der Waals surface area contributed by atoms with Gasteiger partial charge in [0.1, 0.15) is 19.3 Å². The van der Waals surface area contributed by atoms with E-state index in [4.69, 9.17) is 14.2 Å². The van der Waals surface area contributed by atoms with Crippen molar-refractivity contribution in [3.05, 3.63) is 48.6 Å². The first-order valence-electron chi connectivity index (χ1n) is 7.55. The van der Waals surface area contributed by atoms with E-state index in [0.29, 0.717) is 19.4 Å². The normalized spacial score (nSPS) is 17.0. The third-order valence-corrected chi connectivity index (χ3v) is 3.31. The SMILES string of the molecule is C=CCOC(=O)[C@H](CC[C@@H]1CO1)NC(=O)OCc1ccccc1. The molecular weight excluding hydrogens is 298 g/mol. The van der Waals surface area contributed by atoms with Crippen LogP contribution in [0.25, 0.3) is 0 Å². The highest BCUT2D eigenvalue weighted by atomic mass is 16.6. The summed E-state index contributed by atoms with van der Waals surface area (Å²) in [5.41, 5.74) is 0.875. The van der Waals surface area contributed by atoms with Crippen molar-refractivity contribution in [2.24, 2.45) is 0 Å². The summed E-state index contributed by atoms with van der Waals surface area (Å²) in [6.07, 6.45) is 2.14. The fraction of sp³-hybridized carbons (Fsp3) is 0.412. The van der Waals surface area contributed by atoms with Gasteiger partial charge in [-0.1, -0.05) is 43.0 Å². The van der Waals surface area contributed by atoms with Gasteiger partial charge in [-0.05, 0) is 18.4 Å². The Bertz CT molecular complexity index is 527. The van der Waals surface area contributed by atoms with Gasteiger partial charge in [0.05, 0.1) is 12.7 Å². The Morgan fingerprint density at radius 2 is 2.09 bits per heavy atom. The monoisotopic (exact) mass is 319 g/mol. The molecule has 2 atom stereocenters. The van der Waals surface area contributed by atoms with Gasteiger partial charge in [-0.25, -0.2) is 9.59 Å². The number of benzene rings is 1. The van der Waals surface area contributed by atoms with Gasteiger partial charge in [-0.3, -0.25) is 0 Å². The highest BCUT2D eigenvalue weighted by Crippen LogP contribution is 2.17. The summed E-state index contributed by atoms with van der Waals surface area (Å²) in [7, 11) is 0. The van der Waals surface area contributed by atoms with Crippen LogP contribution in [0.15, 0.2) is 43.0 Å². The predicted molar refractivity (Wildman–Crippen MR) is 83.7 cm³/mol. The zero-order valence-corrected chi connectivity index (χ0v) is 12.9. The summed E-state index contributed by atoms with van der Waals surface area (Å²) in [5.74, 6) is -0.498. The Kier molecular flexibility index (Phi) is 6.62. The first-order chi connectivity index (χ1) is 11.2. The van der Waals surface area contributed by atoms with E-state index >= 15 is 0 Å². The Hall–Kier alpha value is -2.34. The van der Waals surface area contributed by atoms with Crippen molar-refractivity contribution in [2.45, 2.75) is 31.6 Å². The number of amides is 1. The minimum absolute atomic E-state index is 0.107. The van der Waals surface area contributed by atoms with E-state index in [1.54, 1.807) is 0 Å². The van der Waals surface area contributed by atoms with E-state index < -0.39 is 18.1 Å². The first kappa shape index (κ1) is 17.0. The van der Waals surface area contributed by atoms with Gasteiger partial charge in [0.25, 0.3) is 0 Å². The molecule has 124 valence electrons. The van der Waals surface area contributed by atoms with Crippen LogP contribution in [-0.2, 0) is 25.6 Å². The van der Waals surface area contributed by atoms with Gasteiger partial charge in [0.2, 0.25) is 0 Å². The second-order valence-electron chi connectivity index (χ2n) is 5.21. The third kappa shape index (κ3) is 6.52. The van der Waals surface area contributed by atoms with Gasteiger partial charge < -0.3 is 19.5 Å². The van der Waals surface area contributed by atoms with Crippen LogP contribution in [-0.4, -0.2) is 37.4 Å². The van der Waals surface area contributed by atoms with Crippen molar-refractivity contribution >= 4 is 12.1 Å². The predicted octanol–water partition coefficient (Wildman–Crippen LogP) is 2.19. The Balaban J connectivity index is 1.80. The number of alkyl carbamates (subject to hydrolysis) is 1. The molecule has 6 nitrogen and oxygen atoms in total. The summed E-state index contributed by atoms with van der Waals surface area (Å²) in [6.45, 7) is 4.44. The van der Waals surface area contributed by atoms with Gasteiger partial charge in [0, 0.05) is 0 Å². The number of carbonyl (C=O) groups is 2. The summed E-state index contributed by atoms with van der Waals surface area (Å²) < 4.78 is 15.2. The maximum absolute atomic E-state index is 12.0. The lowest BCUT2D eigenvalue weighted by Crippen LogP contribution is -2.42. The fourth-order valence-corrected chi connectivity index (χ4v) is 1.98. The molecule has 0 radical (unpaired) electrons. The molecule has 1 N–H and O–H groups in total. The molecule has 1 aliphatic heterocycles. The summed E-state index contributed by atoms with van der Waals surface area (Å²) in [4.78, 5) is 23.8. The average Bonchev–Trinajstić information content (AvgIpc) is 3.39. The summed E-state index contributed by atoms with van der Waals surface area (Å²) in [6, 6.07) is 8.57. The van der Waals surface area contributed by atoms with Crippen molar-refractivity contribution in [1.82, 2.24) is 5.32 Å². The Morgan fingerprint density at radius 3 is 2.74 bits per heavy atom. The van der Waals surface area contributed by atoms with Crippen LogP contribution in [0.3, 0.4) is 0 Å². The van der Waals surface area contributed by atoms with E-state index in [9.17, 15) is 9.59 Å². The van der Waals surface area contributed by atoms with E-state index in [2.05, 4.69) is 11.9 Å². The van der Waals surface area contributed by atoms with Crippen LogP contribution in [0.1, 0.15) is 18.4 Å². The molecule has 0 bridgehead atoms. The van der Waals surface area contributed by atoms with Crippen molar-refractivity contribution in [3.63, 3.8) is 0 Å². The zero-order chi connectivity index (χ0) is 16.5. The topological polar surface area (TPSA) is 77.2 Å². The van der Waals surface area contributed by atoms with Crippen LogP contribution >= 0.6 is 0 Å². The first-order valence-corrected chi connectivity index (χ1v) is 7.55. The van der Waals surface area contributed by atoms with Crippen molar-refractivity contribution in [2.75, 3.05) is 13.2 Å². The molecule has 1 saturated heterocycles. The number of epoxide rings is 1. The minimum Gasteiger partial charge on any atom is -0.460 e. The third-order valence-electron chi connectivity index (χ3n) is 3.31. The molecule has 1 amide bonds. The van der Waals surface area contributed by atoms with Gasteiger partial charge in [0.15, 0.2) is 0 Å². The quantitative estimate of drug-likeness (QED) is 0.429. The molecule has 0 unspecified atom stereocenters. The molecule has 0 spiro atoms. The number of rotatable bonds is 9. The van der Waals surface area contributed by atoms with Crippen LogP contribution in [0.2, 0.25) is 0 Å². The maximum atomic E-state index is 12.0. The van der Waals surface area contributed by atoms with Crippen molar-refractivity contribution < 1.29 is 23.8 Å². The number of carbonyl (C=O) groups excluding carboxylic acids is 2. The lowest BCUT2D eigenvalue weighted by molar-refractivity contribution is -0.145. The second-order valence-corrected chi connectivity index (χ2v) is 5.21. The molecule has 1 aromatic rings. The van der Waals surface area contributed by atoms with Gasteiger partial charge >= 0.3 is 12.1 Å². The molecule has 1 fully saturated rings. The molecule has 2 rings (SSSR count). The number of hydrogen-bond donors (Lipinski definition) is 1. The molecule has 0 aromatic heterocycles. The molecule has 0 saturated carbocycles.